The van der Waals surface area contributed by atoms with Crippen LogP contribution in [0.15, 0.2) is 66.8 Å². The fourth-order valence-corrected chi connectivity index (χ4v) is 5.01. The van der Waals surface area contributed by atoms with Crippen molar-refractivity contribution in [1.82, 2.24) is 4.98 Å². The molecule has 1 atom stereocenters. The van der Waals surface area contributed by atoms with Gasteiger partial charge >= 0.3 is 11.9 Å². The van der Waals surface area contributed by atoms with E-state index in [1.54, 1.807) is 55.5 Å². The van der Waals surface area contributed by atoms with Crippen LogP contribution in [0.4, 0.5) is 5.13 Å². The maximum Gasteiger partial charge on any atom is 0.350 e. The molecule has 1 saturated heterocycles. The number of rotatable bonds is 7. The fraction of sp³-hybridized carbons (Fsp3) is 0.154. The van der Waals surface area contributed by atoms with Crippen LogP contribution in [0, 0.1) is 6.92 Å². The Bertz CT molecular complexity index is 1410. The monoisotopic (exact) mass is 524 g/mol. The van der Waals surface area contributed by atoms with Gasteiger partial charge in [0.15, 0.2) is 5.13 Å². The van der Waals surface area contributed by atoms with Gasteiger partial charge in [0.2, 0.25) is 0 Å². The number of aliphatic hydroxyl groups excluding tert-OH is 1. The number of aliphatic hydroxyl groups is 1. The van der Waals surface area contributed by atoms with Gasteiger partial charge in [0.05, 0.1) is 24.4 Å². The van der Waals surface area contributed by atoms with Crippen molar-refractivity contribution in [3.63, 3.8) is 0 Å². The highest BCUT2D eigenvalue weighted by Crippen LogP contribution is 2.44. The average Bonchev–Trinajstić information content (AvgIpc) is 3.38. The number of halogens is 1. The maximum absolute atomic E-state index is 13.3. The molecule has 0 bridgehead atoms. The fourth-order valence-electron chi connectivity index (χ4n) is 3.82. The van der Waals surface area contributed by atoms with Gasteiger partial charge in [0.25, 0.3) is 5.78 Å². The molecule has 0 aliphatic carbocycles. The second-order valence-electron chi connectivity index (χ2n) is 7.75. The molecule has 1 aliphatic rings. The van der Waals surface area contributed by atoms with Gasteiger partial charge in [-0.2, -0.15) is 0 Å². The van der Waals surface area contributed by atoms with Crippen molar-refractivity contribution < 1.29 is 29.0 Å². The molecule has 1 unspecified atom stereocenters. The van der Waals surface area contributed by atoms with E-state index in [9.17, 15) is 19.5 Å². The Labute approximate surface area is 216 Å². The third-order valence-electron chi connectivity index (χ3n) is 5.46. The highest BCUT2D eigenvalue weighted by Gasteiger charge is 2.48. The van der Waals surface area contributed by atoms with Crippen molar-refractivity contribution in [2.24, 2.45) is 0 Å². The summed E-state index contributed by atoms with van der Waals surface area (Å²) in [5.74, 6) is -2.33. The van der Waals surface area contributed by atoms with Crippen LogP contribution < -0.4 is 9.64 Å². The number of methoxy groups -OCH3 is 1. The molecule has 1 fully saturated rings. The number of carbonyl (C=O) groups is 3. The van der Waals surface area contributed by atoms with E-state index >= 15 is 0 Å². The number of hydrogen-bond acceptors (Lipinski definition) is 8. The number of nitrogens with zero attached hydrogens (tertiary/aromatic N) is 2. The van der Waals surface area contributed by atoms with Crippen molar-refractivity contribution in [3.05, 3.63) is 93.5 Å². The number of anilines is 1. The summed E-state index contributed by atoms with van der Waals surface area (Å²) in [5.41, 5.74) is 0.973. The van der Waals surface area contributed by atoms with E-state index in [-0.39, 0.29) is 27.9 Å². The average molecular weight is 525 g/mol. The van der Waals surface area contributed by atoms with E-state index in [1.807, 2.05) is 0 Å². The first-order chi connectivity index (χ1) is 17.3. The topological polar surface area (TPSA) is 106 Å². The van der Waals surface area contributed by atoms with Crippen LogP contribution in [-0.2, 0) is 14.3 Å². The number of carbonyl (C=O) groups excluding carboxylic acids is 3. The summed E-state index contributed by atoms with van der Waals surface area (Å²) < 4.78 is 10.3. The van der Waals surface area contributed by atoms with Crippen LogP contribution in [0.2, 0.25) is 5.02 Å². The molecule has 1 N–H and O–H groups in total. The van der Waals surface area contributed by atoms with Crippen molar-refractivity contribution in [3.8, 4) is 5.75 Å². The summed E-state index contributed by atoms with van der Waals surface area (Å²) in [5, 5.41) is 11.7. The number of hydrogen-bond donors (Lipinski definition) is 1. The number of ketones is 1. The minimum atomic E-state index is -1.04. The number of thiazole rings is 1. The molecule has 10 heteroatoms. The normalized spacial score (nSPS) is 16.8. The Morgan fingerprint density at radius 1 is 1.25 bits per heavy atom. The quantitative estimate of drug-likeness (QED) is 0.151. The lowest BCUT2D eigenvalue weighted by molar-refractivity contribution is -0.132. The molecular formula is C26H21ClN2O6S. The zero-order valence-electron chi connectivity index (χ0n) is 19.4. The summed E-state index contributed by atoms with van der Waals surface area (Å²) in [4.78, 5) is 44.8. The number of aromatic nitrogens is 1. The molecule has 0 spiro atoms. The second-order valence-corrected chi connectivity index (χ2v) is 9.17. The molecule has 3 aromatic rings. The smallest absolute Gasteiger partial charge is 0.350 e. The number of Topliss-reactive ketones (excluding diaryl/α,β-unsaturated/α-hetero) is 1. The predicted molar refractivity (Wildman–Crippen MR) is 137 cm³/mol. The molecule has 1 amide bonds. The number of ether oxygens (including phenoxy) is 2. The van der Waals surface area contributed by atoms with Gasteiger partial charge in [0, 0.05) is 10.6 Å². The minimum absolute atomic E-state index is 0.0130. The Kier molecular flexibility index (Phi) is 7.23. The van der Waals surface area contributed by atoms with Crippen LogP contribution >= 0.6 is 22.9 Å². The molecule has 36 heavy (non-hydrogen) atoms. The molecule has 8 nitrogen and oxygen atoms in total. The van der Waals surface area contributed by atoms with Gasteiger partial charge in [-0.05, 0) is 36.8 Å². The molecule has 1 aromatic heterocycles. The minimum Gasteiger partial charge on any atom is -0.507 e. The third kappa shape index (κ3) is 4.62. The van der Waals surface area contributed by atoms with Crippen molar-refractivity contribution in [1.29, 1.82) is 0 Å². The highest BCUT2D eigenvalue weighted by atomic mass is 35.5. The molecule has 2 aromatic carbocycles. The summed E-state index contributed by atoms with van der Waals surface area (Å²) in [6, 6.07) is 12.1. The predicted octanol–water partition coefficient (Wildman–Crippen LogP) is 5.08. The van der Waals surface area contributed by atoms with Crippen molar-refractivity contribution in [2.75, 3.05) is 18.6 Å². The molecule has 184 valence electrons. The molecular weight excluding hydrogens is 504 g/mol. The molecule has 0 saturated carbocycles. The van der Waals surface area contributed by atoms with Gasteiger partial charge in [-0.25, -0.2) is 9.78 Å². The number of benzene rings is 2. The summed E-state index contributed by atoms with van der Waals surface area (Å²) in [6.07, 6.45) is 1.44. The lowest BCUT2D eigenvalue weighted by Crippen LogP contribution is -2.29. The first-order valence-corrected chi connectivity index (χ1v) is 11.9. The van der Waals surface area contributed by atoms with Crippen LogP contribution in [0.3, 0.4) is 0 Å². The summed E-state index contributed by atoms with van der Waals surface area (Å²) in [6.45, 7) is 5.14. The third-order valence-corrected chi connectivity index (χ3v) is 6.83. The lowest BCUT2D eigenvalue weighted by Gasteiger charge is -2.23. The van der Waals surface area contributed by atoms with E-state index in [0.29, 0.717) is 27.6 Å². The molecule has 1 aliphatic heterocycles. The van der Waals surface area contributed by atoms with Crippen LogP contribution in [-0.4, -0.2) is 41.5 Å². The van der Waals surface area contributed by atoms with Crippen molar-refractivity contribution >= 4 is 51.5 Å². The zero-order valence-corrected chi connectivity index (χ0v) is 20.9. The van der Waals surface area contributed by atoms with Gasteiger partial charge in [-0.1, -0.05) is 59.9 Å². The van der Waals surface area contributed by atoms with Gasteiger partial charge in [-0.15, -0.1) is 0 Å². The van der Waals surface area contributed by atoms with Crippen LogP contribution in [0.5, 0.6) is 5.75 Å². The maximum atomic E-state index is 13.3. The summed E-state index contributed by atoms with van der Waals surface area (Å²) >= 11 is 7.14. The van der Waals surface area contributed by atoms with E-state index in [1.165, 1.54) is 18.1 Å². The van der Waals surface area contributed by atoms with Gasteiger partial charge in [-0.3, -0.25) is 14.5 Å². The Morgan fingerprint density at radius 2 is 2.00 bits per heavy atom. The largest absolute Gasteiger partial charge is 0.507 e. The Hall–Kier alpha value is -3.95. The standard InChI is InChI=1S/C26H21ClN2O6S/c1-4-11-35-25(33)23-14(2)28-26(36-23)29-20(15-7-5-9-17(27)12-15)19(22(31)24(29)32)21(30)16-8-6-10-18(13-16)34-3/h4-10,12-13,20,30H,1,11H2,2-3H3/b21-19+. The molecule has 0 radical (unpaired) electrons. The Balaban J connectivity index is 1.90. The first kappa shape index (κ1) is 25.2. The van der Waals surface area contributed by atoms with E-state index in [4.69, 9.17) is 21.1 Å². The van der Waals surface area contributed by atoms with Crippen molar-refractivity contribution in [2.45, 2.75) is 13.0 Å². The zero-order chi connectivity index (χ0) is 26.0. The molecule has 4 rings (SSSR count). The lowest BCUT2D eigenvalue weighted by atomic mass is 9.95. The number of esters is 1. The van der Waals surface area contributed by atoms with Gasteiger partial charge in [0.1, 0.15) is 23.0 Å². The van der Waals surface area contributed by atoms with Crippen LogP contribution in [0.1, 0.15) is 32.5 Å². The van der Waals surface area contributed by atoms with E-state index in [0.717, 1.165) is 11.3 Å². The van der Waals surface area contributed by atoms with E-state index in [2.05, 4.69) is 11.6 Å². The number of amides is 1. The van der Waals surface area contributed by atoms with Gasteiger partial charge < -0.3 is 14.6 Å². The first-order valence-electron chi connectivity index (χ1n) is 10.7. The molecule has 2 heterocycles. The Morgan fingerprint density at radius 3 is 2.69 bits per heavy atom. The van der Waals surface area contributed by atoms with Crippen LogP contribution in [0.25, 0.3) is 5.76 Å². The SMILES string of the molecule is C=CCOC(=O)c1sc(N2C(=O)C(=O)/C(=C(/O)c3cccc(OC)c3)C2c2cccc(Cl)c2)nc1C. The number of aryl methyl sites for hydroxylation is 1. The second kappa shape index (κ2) is 10.3. The van der Waals surface area contributed by atoms with E-state index < -0.39 is 23.7 Å². The highest BCUT2D eigenvalue weighted by molar-refractivity contribution is 7.17. The summed E-state index contributed by atoms with van der Waals surface area (Å²) in [7, 11) is 1.48.